The molecule has 0 saturated heterocycles. The average Bonchev–Trinajstić information content (AvgIpc) is 3.11. The molecule has 3 aromatic rings. The molecular weight excluding hydrogens is 378 g/mol. The highest BCUT2D eigenvalue weighted by molar-refractivity contribution is 5.94. The van der Waals surface area contributed by atoms with E-state index in [4.69, 9.17) is 14.5 Å². The smallest absolute Gasteiger partial charge is 0.338 e. The van der Waals surface area contributed by atoms with E-state index in [1.165, 1.54) is 0 Å². The normalized spacial score (nSPS) is 15.6. The highest BCUT2D eigenvalue weighted by Gasteiger charge is 2.35. The summed E-state index contributed by atoms with van der Waals surface area (Å²) in [4.78, 5) is 17.7. The molecule has 1 aromatic heterocycles. The maximum absolute atomic E-state index is 13.0. The number of carbonyl (C=O) groups is 1. The van der Waals surface area contributed by atoms with Gasteiger partial charge in [0.1, 0.15) is 5.75 Å². The van der Waals surface area contributed by atoms with E-state index in [1.54, 1.807) is 0 Å². The van der Waals surface area contributed by atoms with Crippen LogP contribution in [-0.4, -0.2) is 28.7 Å². The van der Waals surface area contributed by atoms with Gasteiger partial charge in [-0.1, -0.05) is 37.6 Å². The van der Waals surface area contributed by atoms with Crippen LogP contribution in [0.1, 0.15) is 45.2 Å². The molecule has 1 atom stereocenters. The number of allylic oxidation sites excluding steroid dienone is 1. The van der Waals surface area contributed by atoms with Crippen LogP contribution in [0.3, 0.4) is 0 Å². The van der Waals surface area contributed by atoms with E-state index in [0.717, 1.165) is 40.9 Å². The van der Waals surface area contributed by atoms with Gasteiger partial charge in [0.05, 0.1) is 35.9 Å². The number of para-hydroxylation sites is 2. The quantitative estimate of drug-likeness (QED) is 0.439. The number of esters is 1. The molecule has 0 fully saturated rings. The first-order valence-corrected chi connectivity index (χ1v) is 10.5. The molecule has 0 spiro atoms. The first kappa shape index (κ1) is 20.0. The number of hydrogen-bond acceptors (Lipinski definition) is 5. The Morgan fingerprint density at radius 1 is 1.17 bits per heavy atom. The fourth-order valence-corrected chi connectivity index (χ4v) is 3.86. The zero-order chi connectivity index (χ0) is 21.1. The molecule has 30 heavy (non-hydrogen) atoms. The van der Waals surface area contributed by atoms with E-state index in [9.17, 15) is 4.79 Å². The summed E-state index contributed by atoms with van der Waals surface area (Å²) < 4.78 is 13.4. The molecular formula is C24H27N3O3. The molecule has 2 aromatic carbocycles. The number of hydrogen-bond donors (Lipinski definition) is 1. The lowest BCUT2D eigenvalue weighted by Crippen LogP contribution is -2.29. The summed E-state index contributed by atoms with van der Waals surface area (Å²) in [5.74, 6) is 1.18. The van der Waals surface area contributed by atoms with Crippen molar-refractivity contribution in [1.29, 1.82) is 0 Å². The van der Waals surface area contributed by atoms with Crippen molar-refractivity contribution < 1.29 is 14.3 Å². The van der Waals surface area contributed by atoms with Crippen LogP contribution in [0.5, 0.6) is 5.75 Å². The van der Waals surface area contributed by atoms with Crippen molar-refractivity contribution >= 4 is 23.0 Å². The second kappa shape index (κ2) is 8.61. The molecule has 2 heterocycles. The number of carbonyl (C=O) groups excluding carboxylic acids is 1. The Labute approximate surface area is 176 Å². The molecule has 0 unspecified atom stereocenters. The van der Waals surface area contributed by atoms with Crippen molar-refractivity contribution in [2.45, 2.75) is 39.7 Å². The Bertz CT molecular complexity index is 1100. The summed E-state index contributed by atoms with van der Waals surface area (Å²) in [5.41, 5.74) is 4.11. The fraction of sp³-hybridized carbons (Fsp3) is 0.333. The minimum absolute atomic E-state index is 0.319. The lowest BCUT2D eigenvalue weighted by atomic mass is 9.95. The van der Waals surface area contributed by atoms with Crippen LogP contribution in [-0.2, 0) is 9.53 Å². The Hall–Kier alpha value is -3.28. The molecule has 1 aliphatic heterocycles. The van der Waals surface area contributed by atoms with Gasteiger partial charge in [0, 0.05) is 5.70 Å². The summed E-state index contributed by atoms with van der Waals surface area (Å²) >= 11 is 0. The summed E-state index contributed by atoms with van der Waals surface area (Å²) in [6, 6.07) is 15.5. The predicted octanol–water partition coefficient (Wildman–Crippen LogP) is 5.07. The number of ether oxygens (including phenoxy) is 2. The number of imidazole rings is 1. The minimum Gasteiger partial charge on any atom is -0.494 e. The van der Waals surface area contributed by atoms with Crippen LogP contribution in [0.25, 0.3) is 11.0 Å². The molecule has 0 bridgehead atoms. The molecule has 4 rings (SSSR count). The fourth-order valence-electron chi connectivity index (χ4n) is 3.86. The van der Waals surface area contributed by atoms with Crippen LogP contribution < -0.4 is 10.1 Å². The molecule has 6 nitrogen and oxygen atoms in total. The van der Waals surface area contributed by atoms with E-state index in [-0.39, 0.29) is 12.0 Å². The van der Waals surface area contributed by atoms with E-state index in [0.29, 0.717) is 24.7 Å². The molecule has 0 amide bonds. The van der Waals surface area contributed by atoms with Crippen LogP contribution in [0, 0.1) is 0 Å². The second-order valence-electron chi connectivity index (χ2n) is 7.36. The molecule has 1 aliphatic rings. The van der Waals surface area contributed by atoms with Gasteiger partial charge in [0.2, 0.25) is 5.95 Å². The highest BCUT2D eigenvalue weighted by atomic mass is 16.5. The number of unbranched alkanes of at least 4 members (excludes halogenated alkanes) is 1. The monoisotopic (exact) mass is 405 g/mol. The van der Waals surface area contributed by atoms with Crippen molar-refractivity contribution in [2.75, 3.05) is 18.5 Å². The summed E-state index contributed by atoms with van der Waals surface area (Å²) in [5, 5.41) is 3.29. The van der Waals surface area contributed by atoms with E-state index >= 15 is 0 Å². The number of benzene rings is 2. The van der Waals surface area contributed by atoms with Crippen molar-refractivity contribution in [1.82, 2.24) is 9.55 Å². The van der Waals surface area contributed by atoms with Crippen LogP contribution >= 0.6 is 0 Å². The third kappa shape index (κ3) is 3.65. The standard InChI is InChI=1S/C24H27N3O3/c1-4-6-14-30-18-11-9-10-17(15-18)22-21(23(28)29-5-2)16(3)25-24-26-19-12-7-8-13-20(19)27(22)24/h7-13,15,22H,4-6,14H2,1-3H3,(H,25,26)/t22-/m0/s1. The van der Waals surface area contributed by atoms with Gasteiger partial charge in [-0.25, -0.2) is 9.78 Å². The van der Waals surface area contributed by atoms with Gasteiger partial charge in [-0.2, -0.15) is 0 Å². The van der Waals surface area contributed by atoms with Gasteiger partial charge in [0.25, 0.3) is 0 Å². The van der Waals surface area contributed by atoms with Gasteiger partial charge < -0.3 is 14.8 Å². The zero-order valence-electron chi connectivity index (χ0n) is 17.6. The lowest BCUT2D eigenvalue weighted by Gasteiger charge is -2.30. The molecule has 6 heteroatoms. The Balaban J connectivity index is 1.85. The van der Waals surface area contributed by atoms with Crippen LogP contribution in [0.2, 0.25) is 0 Å². The molecule has 0 aliphatic carbocycles. The topological polar surface area (TPSA) is 65.4 Å². The number of nitrogens with zero attached hydrogens (tertiary/aromatic N) is 2. The summed E-state index contributed by atoms with van der Waals surface area (Å²) in [7, 11) is 0. The van der Waals surface area contributed by atoms with Crippen molar-refractivity contribution in [3.63, 3.8) is 0 Å². The molecule has 0 radical (unpaired) electrons. The number of nitrogens with one attached hydrogen (secondary N) is 1. The van der Waals surface area contributed by atoms with Crippen molar-refractivity contribution in [3.8, 4) is 5.75 Å². The van der Waals surface area contributed by atoms with E-state index in [2.05, 4.69) is 16.8 Å². The van der Waals surface area contributed by atoms with Crippen LogP contribution in [0.4, 0.5) is 5.95 Å². The van der Waals surface area contributed by atoms with Gasteiger partial charge in [0.15, 0.2) is 0 Å². The van der Waals surface area contributed by atoms with Gasteiger partial charge in [-0.3, -0.25) is 4.57 Å². The first-order valence-electron chi connectivity index (χ1n) is 10.5. The maximum Gasteiger partial charge on any atom is 0.338 e. The number of rotatable bonds is 7. The zero-order valence-corrected chi connectivity index (χ0v) is 17.6. The van der Waals surface area contributed by atoms with E-state index < -0.39 is 0 Å². The first-order chi connectivity index (χ1) is 14.6. The molecule has 0 saturated carbocycles. The number of fused-ring (bicyclic) bond motifs is 3. The summed E-state index contributed by atoms with van der Waals surface area (Å²) in [6.07, 6.45) is 2.08. The average molecular weight is 405 g/mol. The van der Waals surface area contributed by atoms with Gasteiger partial charge in [-0.05, 0) is 50.1 Å². The second-order valence-corrected chi connectivity index (χ2v) is 7.36. The Morgan fingerprint density at radius 3 is 2.80 bits per heavy atom. The number of anilines is 1. The molecule has 1 N–H and O–H groups in total. The van der Waals surface area contributed by atoms with Crippen molar-refractivity contribution in [3.05, 3.63) is 65.4 Å². The third-order valence-electron chi connectivity index (χ3n) is 5.27. The molecule has 156 valence electrons. The SMILES string of the molecule is CCCCOc1cccc([C@H]2C(C(=O)OCC)=C(C)Nc3nc4ccccc4n32)c1. The van der Waals surface area contributed by atoms with E-state index in [1.807, 2.05) is 62.4 Å². The van der Waals surface area contributed by atoms with Gasteiger partial charge in [-0.15, -0.1) is 0 Å². The minimum atomic E-state index is -0.359. The maximum atomic E-state index is 13.0. The predicted molar refractivity (Wildman–Crippen MR) is 118 cm³/mol. The largest absolute Gasteiger partial charge is 0.494 e. The highest BCUT2D eigenvalue weighted by Crippen LogP contribution is 2.40. The Morgan fingerprint density at radius 2 is 2.00 bits per heavy atom. The van der Waals surface area contributed by atoms with Crippen LogP contribution in [0.15, 0.2) is 59.8 Å². The lowest BCUT2D eigenvalue weighted by molar-refractivity contribution is -0.139. The van der Waals surface area contributed by atoms with Gasteiger partial charge >= 0.3 is 5.97 Å². The number of aromatic nitrogens is 2. The van der Waals surface area contributed by atoms with Crippen molar-refractivity contribution in [2.24, 2.45) is 0 Å². The Kier molecular flexibility index (Phi) is 5.74. The summed E-state index contributed by atoms with van der Waals surface area (Å²) in [6.45, 7) is 6.84. The third-order valence-corrected chi connectivity index (χ3v) is 5.27.